The van der Waals surface area contributed by atoms with Crippen LogP contribution in [0.4, 0.5) is 11.4 Å². The van der Waals surface area contributed by atoms with Crippen molar-refractivity contribution in [2.24, 2.45) is 5.10 Å². The molecule has 0 spiro atoms. The van der Waals surface area contributed by atoms with Crippen molar-refractivity contribution in [3.8, 4) is 11.5 Å². The molecule has 0 fully saturated rings. The maximum Gasteiger partial charge on any atom is 0.288 e. The Bertz CT molecular complexity index is 1400. The van der Waals surface area contributed by atoms with Gasteiger partial charge in [-0.1, -0.05) is 35.9 Å². The Hall–Kier alpha value is -4.16. The SMILES string of the molecule is COc1ccc(S(=O)(=O)N(CC(=O)N/N=C\c2ccc(Cl)c([N+](=O)[O-])c2)c2ccccc2)cc1OC. The highest BCUT2D eigenvalue weighted by Gasteiger charge is 2.28. The number of methoxy groups -OCH3 is 2. The number of sulfonamides is 1. The lowest BCUT2D eigenvalue weighted by Gasteiger charge is -2.24. The third-order valence-corrected chi connectivity index (χ3v) is 6.93. The fraction of sp³-hybridized carbons (Fsp3) is 0.130. The summed E-state index contributed by atoms with van der Waals surface area (Å²) in [6.45, 7) is -0.598. The number of carbonyl (C=O) groups is 1. The topological polar surface area (TPSA) is 140 Å². The van der Waals surface area contributed by atoms with Crippen LogP contribution in [0.25, 0.3) is 0 Å². The fourth-order valence-corrected chi connectivity index (χ4v) is 4.73. The standard InChI is InChI=1S/C23H21ClN4O7S/c1-34-21-11-9-18(13-22(21)35-2)36(32,33)27(17-6-4-3-5-7-17)15-23(29)26-25-14-16-8-10-19(24)20(12-16)28(30)31/h3-14H,15H2,1-2H3,(H,26,29)/b25-14-. The minimum atomic E-state index is -4.21. The van der Waals surface area contributed by atoms with E-state index in [4.69, 9.17) is 21.1 Å². The summed E-state index contributed by atoms with van der Waals surface area (Å²) in [4.78, 5) is 22.9. The molecular formula is C23H21ClN4O7S. The summed E-state index contributed by atoms with van der Waals surface area (Å²) in [6, 6.07) is 16.2. The summed E-state index contributed by atoms with van der Waals surface area (Å²) in [5, 5.41) is 14.8. The van der Waals surface area contributed by atoms with Gasteiger partial charge in [-0.2, -0.15) is 5.10 Å². The molecule has 3 aromatic carbocycles. The summed E-state index contributed by atoms with van der Waals surface area (Å²) < 4.78 is 38.3. The van der Waals surface area contributed by atoms with E-state index < -0.39 is 27.4 Å². The molecular weight excluding hydrogens is 512 g/mol. The van der Waals surface area contributed by atoms with Crippen molar-refractivity contribution >= 4 is 45.1 Å². The predicted octanol–water partition coefficient (Wildman–Crippen LogP) is 3.61. The Labute approximate surface area is 212 Å². The molecule has 0 aliphatic rings. The number of anilines is 1. The summed E-state index contributed by atoms with van der Waals surface area (Å²) >= 11 is 5.79. The zero-order valence-corrected chi connectivity index (χ0v) is 20.7. The second-order valence-electron chi connectivity index (χ2n) is 7.13. The molecule has 0 bridgehead atoms. The van der Waals surface area contributed by atoms with Gasteiger partial charge in [0, 0.05) is 17.7 Å². The number of nitro groups is 1. The zero-order valence-electron chi connectivity index (χ0n) is 19.1. The number of amides is 1. The van der Waals surface area contributed by atoms with Crippen LogP contribution >= 0.6 is 11.6 Å². The third-order valence-electron chi connectivity index (χ3n) is 4.84. The van der Waals surface area contributed by atoms with Gasteiger partial charge in [-0.25, -0.2) is 13.8 Å². The number of hydrazone groups is 1. The van der Waals surface area contributed by atoms with Gasteiger partial charge in [-0.3, -0.25) is 19.2 Å². The van der Waals surface area contributed by atoms with Gasteiger partial charge >= 0.3 is 0 Å². The summed E-state index contributed by atoms with van der Waals surface area (Å²) in [7, 11) is -1.40. The number of para-hydroxylation sites is 1. The lowest BCUT2D eigenvalue weighted by atomic mass is 10.2. The Kier molecular flexibility index (Phi) is 8.46. The Morgan fingerprint density at radius 1 is 1.08 bits per heavy atom. The van der Waals surface area contributed by atoms with Crippen LogP contribution in [-0.4, -0.2) is 46.2 Å². The number of hydrogen-bond donors (Lipinski definition) is 1. The number of nitrogens with one attached hydrogen (secondary N) is 1. The second-order valence-corrected chi connectivity index (χ2v) is 9.39. The maximum absolute atomic E-state index is 13.5. The van der Waals surface area contributed by atoms with Gasteiger partial charge in [-0.15, -0.1) is 0 Å². The average Bonchev–Trinajstić information content (AvgIpc) is 2.88. The monoisotopic (exact) mass is 532 g/mol. The van der Waals surface area contributed by atoms with Crippen LogP contribution in [0.5, 0.6) is 11.5 Å². The fourth-order valence-electron chi connectivity index (χ4n) is 3.11. The van der Waals surface area contributed by atoms with E-state index in [0.717, 1.165) is 4.31 Å². The van der Waals surface area contributed by atoms with Crippen LogP contribution in [-0.2, 0) is 14.8 Å². The molecule has 1 amide bonds. The molecule has 11 nitrogen and oxygen atoms in total. The molecule has 0 atom stereocenters. The molecule has 13 heteroatoms. The molecule has 0 radical (unpaired) electrons. The highest BCUT2D eigenvalue weighted by atomic mass is 35.5. The summed E-state index contributed by atoms with van der Waals surface area (Å²) in [5.74, 6) is -0.197. The van der Waals surface area contributed by atoms with Crippen LogP contribution < -0.4 is 19.2 Å². The van der Waals surface area contributed by atoms with Crippen molar-refractivity contribution in [3.63, 3.8) is 0 Å². The van der Waals surface area contributed by atoms with Crippen LogP contribution in [0.1, 0.15) is 5.56 Å². The van der Waals surface area contributed by atoms with E-state index in [0.29, 0.717) is 11.3 Å². The number of ether oxygens (including phenoxy) is 2. The maximum atomic E-state index is 13.5. The molecule has 0 aliphatic carbocycles. The Balaban J connectivity index is 1.85. The van der Waals surface area contributed by atoms with Crippen molar-refractivity contribution in [1.29, 1.82) is 0 Å². The van der Waals surface area contributed by atoms with E-state index in [2.05, 4.69) is 10.5 Å². The summed E-state index contributed by atoms with van der Waals surface area (Å²) in [6.07, 6.45) is 1.18. The van der Waals surface area contributed by atoms with E-state index >= 15 is 0 Å². The lowest BCUT2D eigenvalue weighted by Crippen LogP contribution is -2.39. The van der Waals surface area contributed by atoms with Crippen LogP contribution in [0.15, 0.2) is 76.7 Å². The summed E-state index contributed by atoms with van der Waals surface area (Å²) in [5.41, 5.74) is 2.48. The molecule has 0 aromatic heterocycles. The average molecular weight is 533 g/mol. The molecule has 0 aliphatic heterocycles. The van der Waals surface area contributed by atoms with E-state index in [1.807, 2.05) is 0 Å². The third kappa shape index (κ3) is 6.09. The second kappa shape index (κ2) is 11.5. The highest BCUT2D eigenvalue weighted by molar-refractivity contribution is 7.92. The number of carbonyl (C=O) groups excluding carboxylic acids is 1. The molecule has 1 N–H and O–H groups in total. The molecule has 3 rings (SSSR count). The van der Waals surface area contributed by atoms with Gasteiger partial charge in [0.15, 0.2) is 11.5 Å². The molecule has 0 unspecified atom stereocenters. The molecule has 0 saturated carbocycles. The molecule has 0 saturated heterocycles. The number of nitro benzene ring substituents is 1. The van der Waals surface area contributed by atoms with E-state index in [-0.39, 0.29) is 27.0 Å². The smallest absolute Gasteiger partial charge is 0.288 e. The van der Waals surface area contributed by atoms with E-state index in [1.165, 1.54) is 56.8 Å². The lowest BCUT2D eigenvalue weighted by molar-refractivity contribution is -0.384. The number of halogens is 1. The quantitative estimate of drug-likeness (QED) is 0.239. The first-order valence-electron chi connectivity index (χ1n) is 10.2. The molecule has 36 heavy (non-hydrogen) atoms. The van der Waals surface area contributed by atoms with Crippen molar-refractivity contribution in [3.05, 3.63) is 87.4 Å². The first-order chi connectivity index (χ1) is 17.2. The molecule has 0 heterocycles. The van der Waals surface area contributed by atoms with Crippen LogP contribution in [0.3, 0.4) is 0 Å². The molecule has 188 valence electrons. The Morgan fingerprint density at radius 3 is 2.42 bits per heavy atom. The minimum absolute atomic E-state index is 0.0416. The largest absolute Gasteiger partial charge is 0.493 e. The minimum Gasteiger partial charge on any atom is -0.493 e. The number of hydrogen-bond acceptors (Lipinski definition) is 8. The van der Waals surface area contributed by atoms with Crippen molar-refractivity contribution < 1.29 is 27.6 Å². The van der Waals surface area contributed by atoms with Crippen LogP contribution in [0, 0.1) is 10.1 Å². The van der Waals surface area contributed by atoms with Gasteiger partial charge in [0.25, 0.3) is 21.6 Å². The normalized spacial score (nSPS) is 11.2. The van der Waals surface area contributed by atoms with E-state index in [1.54, 1.807) is 30.3 Å². The highest BCUT2D eigenvalue weighted by Crippen LogP contribution is 2.32. The number of benzene rings is 3. The van der Waals surface area contributed by atoms with Gasteiger partial charge < -0.3 is 9.47 Å². The van der Waals surface area contributed by atoms with Crippen molar-refractivity contribution in [2.75, 3.05) is 25.1 Å². The van der Waals surface area contributed by atoms with Gasteiger partial charge in [0.1, 0.15) is 11.6 Å². The van der Waals surface area contributed by atoms with E-state index in [9.17, 15) is 23.3 Å². The number of nitrogens with zero attached hydrogens (tertiary/aromatic N) is 3. The number of rotatable bonds is 10. The van der Waals surface area contributed by atoms with Gasteiger partial charge in [0.05, 0.1) is 35.9 Å². The first-order valence-corrected chi connectivity index (χ1v) is 12.0. The first kappa shape index (κ1) is 26.4. The van der Waals surface area contributed by atoms with Gasteiger partial charge in [0.2, 0.25) is 0 Å². The zero-order chi connectivity index (χ0) is 26.3. The van der Waals surface area contributed by atoms with Gasteiger partial charge in [-0.05, 0) is 30.3 Å². The predicted molar refractivity (Wildman–Crippen MR) is 134 cm³/mol. The van der Waals surface area contributed by atoms with Crippen molar-refractivity contribution in [1.82, 2.24) is 5.43 Å². The van der Waals surface area contributed by atoms with Crippen molar-refractivity contribution in [2.45, 2.75) is 4.90 Å². The Morgan fingerprint density at radius 2 is 1.78 bits per heavy atom. The van der Waals surface area contributed by atoms with Crippen LogP contribution in [0.2, 0.25) is 5.02 Å². The molecule has 3 aromatic rings.